The van der Waals surface area contributed by atoms with Crippen molar-refractivity contribution in [3.05, 3.63) is 35.9 Å². The van der Waals surface area contributed by atoms with Crippen molar-refractivity contribution in [2.24, 2.45) is 0 Å². The van der Waals surface area contributed by atoms with Crippen LogP contribution in [0.25, 0.3) is 0 Å². The zero-order valence-corrected chi connectivity index (χ0v) is 6.04. The Labute approximate surface area is 76.1 Å². The van der Waals surface area contributed by atoms with Crippen LogP contribution in [0.2, 0.25) is 0 Å². The molecule has 60 valence electrons. The van der Waals surface area contributed by atoms with E-state index in [1.807, 2.05) is 0 Å². The van der Waals surface area contributed by atoms with Crippen molar-refractivity contribution < 1.29 is 13.3 Å². The highest BCUT2D eigenvalue weighted by Gasteiger charge is 1.89. The summed E-state index contributed by atoms with van der Waals surface area (Å²) in [5, 5.41) is 9.08. The van der Waals surface area contributed by atoms with Crippen molar-refractivity contribution in [1.82, 2.24) is 0 Å². The van der Waals surface area contributed by atoms with Gasteiger partial charge in [0, 0.05) is 12.0 Å². The highest BCUT2D eigenvalue weighted by molar-refractivity contribution is 5.14. The van der Waals surface area contributed by atoms with Crippen molar-refractivity contribution in [2.45, 2.75) is 19.2 Å². The number of hydrogen-bond acceptors (Lipinski definition) is 1. The van der Waals surface area contributed by atoms with E-state index in [0.717, 1.165) is 0 Å². The molecule has 0 aliphatic rings. The van der Waals surface area contributed by atoms with E-state index >= 15 is 0 Å². The molecule has 0 amide bonds. The summed E-state index contributed by atoms with van der Waals surface area (Å²) in [4.78, 5) is 0. The predicted octanol–water partition coefficient (Wildman–Crippen LogP) is 2.00. The number of rotatable bonds is 4. The highest BCUT2D eigenvalue weighted by atomic mass is 16.2. The summed E-state index contributed by atoms with van der Waals surface area (Å²) in [5.74, 6) is 0. The normalized spacial score (nSPS) is 21.9. The van der Waals surface area contributed by atoms with Crippen LogP contribution in [0.4, 0.5) is 0 Å². The van der Waals surface area contributed by atoms with Crippen LogP contribution in [-0.2, 0) is 6.42 Å². The van der Waals surface area contributed by atoms with E-state index in [-0.39, 0.29) is 6.42 Å². The summed E-state index contributed by atoms with van der Waals surface area (Å²) in [6.07, 6.45) is -5.80. The van der Waals surface area contributed by atoms with E-state index in [1.165, 1.54) is 0 Å². The molecule has 0 heterocycles. The Balaban J connectivity index is 2.96. The maximum absolute atomic E-state index is 9.08. The van der Waals surface area contributed by atoms with Crippen LogP contribution < -0.4 is 0 Å². The van der Waals surface area contributed by atoms with Gasteiger partial charge in [0.1, 0.15) is 0 Å². The molecule has 11 heavy (non-hydrogen) atoms. The molecule has 0 aliphatic heterocycles. The van der Waals surface area contributed by atoms with Crippen molar-refractivity contribution in [3.63, 3.8) is 0 Å². The van der Waals surface area contributed by atoms with E-state index in [4.69, 9.17) is 13.3 Å². The average molecular weight is 156 g/mol. The topological polar surface area (TPSA) is 20.2 Å². The first kappa shape index (κ1) is 3.28. The first-order chi connectivity index (χ1) is 7.58. The molecule has 0 radical (unpaired) electrons. The van der Waals surface area contributed by atoms with Crippen LogP contribution in [-0.4, -0.2) is 11.7 Å². The molecule has 1 rings (SSSR count). The van der Waals surface area contributed by atoms with Gasteiger partial charge in [-0.25, -0.2) is 0 Å². The van der Waals surface area contributed by atoms with E-state index in [9.17, 15) is 0 Å². The average Bonchev–Trinajstić information content (AvgIpc) is 2.16. The maximum Gasteiger partial charge on any atom is 0.0564 e. The van der Waals surface area contributed by atoms with Gasteiger partial charge in [0.25, 0.3) is 0 Å². The Morgan fingerprint density at radius 1 is 1.18 bits per heavy atom. The molecule has 0 saturated heterocycles. The molecular weight excluding hydrogens is 136 g/mol. The van der Waals surface area contributed by atoms with Gasteiger partial charge in [-0.05, 0) is 24.7 Å². The fourth-order valence-electron chi connectivity index (χ4n) is 0.782. The second-order valence-electron chi connectivity index (χ2n) is 2.08. The minimum atomic E-state index is -3.23. The van der Waals surface area contributed by atoms with Gasteiger partial charge in [-0.15, -0.1) is 0 Å². The lowest BCUT2D eigenvalue weighted by molar-refractivity contribution is 0.284. The molecule has 0 spiro atoms. The summed E-state index contributed by atoms with van der Waals surface area (Å²) in [7, 11) is 0. The van der Waals surface area contributed by atoms with Crippen LogP contribution in [0.3, 0.4) is 0 Å². The van der Waals surface area contributed by atoms with Crippen LogP contribution in [0, 0.1) is 0 Å². The van der Waals surface area contributed by atoms with Gasteiger partial charge in [0.2, 0.25) is 0 Å². The van der Waals surface area contributed by atoms with Gasteiger partial charge < -0.3 is 5.11 Å². The zero-order valence-electron chi connectivity index (χ0n) is 12.0. The zero-order chi connectivity index (χ0) is 13.3. The molecule has 0 bridgehead atoms. The Hall–Kier alpha value is -0.820. The number of benzene rings is 1. The summed E-state index contributed by atoms with van der Waals surface area (Å²) < 4.78 is 43.9. The molecule has 1 N–H and O–H groups in total. The summed E-state index contributed by atoms with van der Waals surface area (Å²) >= 11 is 0. The van der Waals surface area contributed by atoms with E-state index in [2.05, 4.69) is 0 Å². The largest absolute Gasteiger partial charge is 0.396 e. The van der Waals surface area contributed by atoms with Crippen molar-refractivity contribution in [2.75, 3.05) is 6.56 Å². The molecule has 0 saturated carbocycles. The van der Waals surface area contributed by atoms with Crippen LogP contribution in [0.1, 0.15) is 26.5 Å². The molecule has 0 unspecified atom stereocenters. The SMILES string of the molecule is [2H]C([2H])(O)C([2H])([2H])C([2H])([2H])Cc1ccccc1. The number of aliphatic hydroxyl groups is 1. The van der Waals surface area contributed by atoms with Gasteiger partial charge in [-0.1, -0.05) is 30.3 Å². The molecular formula is C10H14O. The fraction of sp³-hybridized carbons (Fsp3) is 0.400. The quantitative estimate of drug-likeness (QED) is 0.707. The molecule has 0 aliphatic carbocycles. The Morgan fingerprint density at radius 2 is 1.91 bits per heavy atom. The molecule has 0 fully saturated rings. The molecule has 1 aromatic carbocycles. The van der Waals surface area contributed by atoms with Crippen LogP contribution in [0.5, 0.6) is 0 Å². The third-order valence-corrected chi connectivity index (χ3v) is 1.28. The predicted molar refractivity (Wildman–Crippen MR) is 46.5 cm³/mol. The first-order valence-electron chi connectivity index (χ1n) is 6.34. The lowest BCUT2D eigenvalue weighted by atomic mass is 10.1. The van der Waals surface area contributed by atoms with Gasteiger partial charge in [0.05, 0.1) is 2.74 Å². The third kappa shape index (κ3) is 3.19. The van der Waals surface area contributed by atoms with Crippen molar-refractivity contribution in [1.29, 1.82) is 0 Å². The molecule has 1 nitrogen and oxygen atoms in total. The first-order valence-corrected chi connectivity index (χ1v) is 3.34. The molecule has 0 atom stereocenters. The van der Waals surface area contributed by atoms with Gasteiger partial charge in [-0.2, -0.15) is 0 Å². The van der Waals surface area contributed by atoms with Crippen LogP contribution >= 0.6 is 0 Å². The van der Waals surface area contributed by atoms with Crippen molar-refractivity contribution in [3.8, 4) is 0 Å². The van der Waals surface area contributed by atoms with Gasteiger partial charge >= 0.3 is 0 Å². The minimum Gasteiger partial charge on any atom is -0.396 e. The highest BCUT2D eigenvalue weighted by Crippen LogP contribution is 2.03. The minimum absolute atomic E-state index is 0.305. The number of aryl methyl sites for hydroxylation is 1. The Kier molecular flexibility index (Phi) is 1.46. The standard InChI is InChI=1S/C10H14O/c11-9-5-4-8-10-6-2-1-3-7-10/h1-3,6-7,11H,4-5,8-9H2/i4D2,5D2,9D2. The summed E-state index contributed by atoms with van der Waals surface area (Å²) in [6.45, 7) is -3.23. The van der Waals surface area contributed by atoms with Crippen LogP contribution in [0.15, 0.2) is 30.3 Å². The maximum atomic E-state index is 9.08. The Bertz CT molecular complexity index is 370. The fourth-order valence-corrected chi connectivity index (χ4v) is 0.782. The molecule has 1 aromatic rings. The van der Waals surface area contributed by atoms with Crippen molar-refractivity contribution >= 4 is 0 Å². The van der Waals surface area contributed by atoms with E-state index in [1.54, 1.807) is 30.3 Å². The lowest BCUT2D eigenvalue weighted by Crippen LogP contribution is -1.87. The van der Waals surface area contributed by atoms with E-state index < -0.39 is 19.3 Å². The van der Waals surface area contributed by atoms with Gasteiger partial charge in [0.15, 0.2) is 0 Å². The second-order valence-corrected chi connectivity index (χ2v) is 2.08. The monoisotopic (exact) mass is 156 g/mol. The molecule has 0 aromatic heterocycles. The Morgan fingerprint density at radius 3 is 2.55 bits per heavy atom. The molecule has 1 heteroatoms. The third-order valence-electron chi connectivity index (χ3n) is 1.28. The van der Waals surface area contributed by atoms with E-state index in [0.29, 0.717) is 5.56 Å². The summed E-state index contributed by atoms with van der Waals surface area (Å²) in [5.41, 5.74) is 0.547. The summed E-state index contributed by atoms with van der Waals surface area (Å²) in [6, 6.07) is 8.38. The second kappa shape index (κ2) is 4.91. The lowest BCUT2D eigenvalue weighted by Gasteiger charge is -1.97. The van der Waals surface area contributed by atoms with Gasteiger partial charge in [-0.3, -0.25) is 0 Å². The smallest absolute Gasteiger partial charge is 0.0564 e. The number of hydrogen-bond donors (Lipinski definition) is 1.